The fraction of sp³-hybridized carbons (Fsp3) is 0.294. The molecule has 1 amide bonds. The molecule has 0 saturated heterocycles. The molecule has 0 aliphatic carbocycles. The summed E-state index contributed by atoms with van der Waals surface area (Å²) >= 11 is 0. The van der Waals surface area contributed by atoms with Gasteiger partial charge in [-0.3, -0.25) is 9.59 Å². The van der Waals surface area contributed by atoms with Gasteiger partial charge in [-0.2, -0.15) is 0 Å². The molecule has 0 saturated carbocycles. The van der Waals surface area contributed by atoms with Gasteiger partial charge < -0.3 is 10.1 Å². The minimum atomic E-state index is -0.642. The molecular formula is C17H19NO3. The van der Waals surface area contributed by atoms with Crippen molar-refractivity contribution in [1.82, 2.24) is 5.32 Å². The zero-order valence-corrected chi connectivity index (χ0v) is 12.3. The van der Waals surface area contributed by atoms with Crippen molar-refractivity contribution in [3.63, 3.8) is 0 Å². The van der Waals surface area contributed by atoms with Crippen LogP contribution < -0.4 is 10.1 Å². The molecule has 1 N–H and O–H groups in total. The molecule has 0 heterocycles. The number of carbonyl (C=O) groups excluding carboxylic acids is 2. The van der Waals surface area contributed by atoms with E-state index in [0.29, 0.717) is 17.9 Å². The van der Waals surface area contributed by atoms with E-state index in [0.717, 1.165) is 23.5 Å². The van der Waals surface area contributed by atoms with E-state index in [1.807, 2.05) is 37.3 Å². The van der Waals surface area contributed by atoms with Crippen molar-refractivity contribution in [2.45, 2.75) is 26.4 Å². The van der Waals surface area contributed by atoms with E-state index in [9.17, 15) is 9.59 Å². The van der Waals surface area contributed by atoms with Gasteiger partial charge in [0.05, 0.1) is 5.56 Å². The van der Waals surface area contributed by atoms with Crippen molar-refractivity contribution in [2.24, 2.45) is 0 Å². The summed E-state index contributed by atoms with van der Waals surface area (Å²) in [7, 11) is 0. The average Bonchev–Trinajstić information content (AvgIpc) is 2.52. The number of hydrogen-bond donors (Lipinski definition) is 1. The monoisotopic (exact) mass is 285 g/mol. The first-order valence-corrected chi connectivity index (χ1v) is 7.08. The van der Waals surface area contributed by atoms with E-state index in [2.05, 4.69) is 5.32 Å². The summed E-state index contributed by atoms with van der Waals surface area (Å²) in [6, 6.07) is 11.2. The number of benzene rings is 2. The number of ether oxygens (including phenoxy) is 1. The Labute approximate surface area is 124 Å². The fourth-order valence-electron chi connectivity index (χ4n) is 2.14. The van der Waals surface area contributed by atoms with Crippen LogP contribution in [-0.4, -0.2) is 24.8 Å². The highest BCUT2D eigenvalue weighted by Crippen LogP contribution is 2.27. The lowest BCUT2D eigenvalue weighted by molar-refractivity contribution is -0.127. The van der Waals surface area contributed by atoms with E-state index in [1.165, 1.54) is 0 Å². The van der Waals surface area contributed by atoms with Crippen molar-refractivity contribution in [3.8, 4) is 5.75 Å². The number of amides is 1. The van der Waals surface area contributed by atoms with Crippen molar-refractivity contribution in [2.75, 3.05) is 6.54 Å². The van der Waals surface area contributed by atoms with Crippen LogP contribution in [0.5, 0.6) is 5.75 Å². The Morgan fingerprint density at radius 2 is 2.05 bits per heavy atom. The van der Waals surface area contributed by atoms with Gasteiger partial charge in [0.15, 0.2) is 12.4 Å². The molecule has 0 fully saturated rings. The predicted molar refractivity (Wildman–Crippen MR) is 82.7 cm³/mol. The van der Waals surface area contributed by atoms with Crippen LogP contribution in [0, 0.1) is 0 Å². The lowest BCUT2D eigenvalue weighted by atomic mass is 10.0. The molecule has 4 nitrogen and oxygen atoms in total. The number of rotatable bonds is 6. The first-order chi connectivity index (χ1) is 10.2. The summed E-state index contributed by atoms with van der Waals surface area (Å²) in [5.41, 5.74) is 0.475. The molecule has 0 bridgehead atoms. The van der Waals surface area contributed by atoms with Crippen molar-refractivity contribution >= 4 is 23.0 Å². The minimum absolute atomic E-state index is 0.179. The van der Waals surface area contributed by atoms with E-state index in [1.54, 1.807) is 13.0 Å². The van der Waals surface area contributed by atoms with Crippen LogP contribution in [-0.2, 0) is 4.79 Å². The van der Waals surface area contributed by atoms with E-state index in [-0.39, 0.29) is 5.91 Å². The highest BCUT2D eigenvalue weighted by atomic mass is 16.5. The van der Waals surface area contributed by atoms with Gasteiger partial charge in [-0.25, -0.2) is 0 Å². The topological polar surface area (TPSA) is 55.4 Å². The fourth-order valence-corrected chi connectivity index (χ4v) is 2.14. The van der Waals surface area contributed by atoms with Crippen LogP contribution >= 0.6 is 0 Å². The van der Waals surface area contributed by atoms with Gasteiger partial charge in [0, 0.05) is 6.54 Å². The second-order valence-corrected chi connectivity index (χ2v) is 4.87. The van der Waals surface area contributed by atoms with Gasteiger partial charge in [0.2, 0.25) is 0 Å². The van der Waals surface area contributed by atoms with Crippen molar-refractivity contribution in [3.05, 3.63) is 42.0 Å². The standard InChI is InChI=1S/C17H19NO3/c1-3-10-18-17(20)12(2)21-16-9-8-13-6-4-5-7-14(13)15(16)11-19/h4-9,11-12H,3,10H2,1-2H3,(H,18,20). The maximum Gasteiger partial charge on any atom is 0.260 e. The molecule has 0 aromatic heterocycles. The Hall–Kier alpha value is -2.36. The van der Waals surface area contributed by atoms with Crippen molar-refractivity contribution in [1.29, 1.82) is 0 Å². The summed E-state index contributed by atoms with van der Waals surface area (Å²) in [4.78, 5) is 23.2. The van der Waals surface area contributed by atoms with Gasteiger partial charge in [0.1, 0.15) is 5.75 Å². The molecule has 110 valence electrons. The zero-order chi connectivity index (χ0) is 15.2. The van der Waals surface area contributed by atoms with Gasteiger partial charge in [-0.05, 0) is 30.2 Å². The normalized spacial score (nSPS) is 11.9. The molecule has 0 spiro atoms. The number of fused-ring (bicyclic) bond motifs is 1. The molecule has 0 radical (unpaired) electrons. The number of aldehydes is 1. The average molecular weight is 285 g/mol. The smallest absolute Gasteiger partial charge is 0.260 e. The van der Waals surface area contributed by atoms with Gasteiger partial charge in [0.25, 0.3) is 5.91 Å². The van der Waals surface area contributed by atoms with Crippen LogP contribution in [0.2, 0.25) is 0 Å². The van der Waals surface area contributed by atoms with Gasteiger partial charge >= 0.3 is 0 Å². The summed E-state index contributed by atoms with van der Waals surface area (Å²) in [5, 5.41) is 4.57. The summed E-state index contributed by atoms with van der Waals surface area (Å²) < 4.78 is 5.66. The highest BCUT2D eigenvalue weighted by Gasteiger charge is 2.16. The van der Waals surface area contributed by atoms with Crippen LogP contribution in [0.25, 0.3) is 10.8 Å². The van der Waals surface area contributed by atoms with Crippen LogP contribution in [0.3, 0.4) is 0 Å². The highest BCUT2D eigenvalue weighted by molar-refractivity contribution is 6.00. The molecule has 21 heavy (non-hydrogen) atoms. The predicted octanol–water partition coefficient (Wildman–Crippen LogP) is 2.95. The van der Waals surface area contributed by atoms with Crippen LogP contribution in [0.4, 0.5) is 0 Å². The maximum absolute atomic E-state index is 11.8. The lowest BCUT2D eigenvalue weighted by Gasteiger charge is -2.16. The molecule has 2 aromatic rings. The molecule has 2 rings (SSSR count). The third-order valence-electron chi connectivity index (χ3n) is 3.27. The molecule has 0 aliphatic heterocycles. The van der Waals surface area contributed by atoms with Gasteiger partial charge in [-0.15, -0.1) is 0 Å². The Kier molecular flexibility index (Phi) is 4.93. The third kappa shape index (κ3) is 3.40. The second kappa shape index (κ2) is 6.88. The molecule has 1 unspecified atom stereocenters. The van der Waals surface area contributed by atoms with Crippen LogP contribution in [0.1, 0.15) is 30.6 Å². The largest absolute Gasteiger partial charge is 0.480 e. The molecule has 4 heteroatoms. The third-order valence-corrected chi connectivity index (χ3v) is 3.27. The minimum Gasteiger partial charge on any atom is -0.480 e. The summed E-state index contributed by atoms with van der Waals surface area (Å²) in [6.07, 6.45) is 0.999. The van der Waals surface area contributed by atoms with E-state index in [4.69, 9.17) is 4.74 Å². The number of carbonyl (C=O) groups is 2. The lowest BCUT2D eigenvalue weighted by Crippen LogP contribution is -2.36. The molecule has 2 aromatic carbocycles. The Morgan fingerprint density at radius 1 is 1.29 bits per heavy atom. The Morgan fingerprint density at radius 3 is 2.76 bits per heavy atom. The molecular weight excluding hydrogens is 266 g/mol. The summed E-state index contributed by atoms with van der Waals surface area (Å²) in [5.74, 6) is 0.254. The number of nitrogens with one attached hydrogen (secondary N) is 1. The van der Waals surface area contributed by atoms with Crippen molar-refractivity contribution < 1.29 is 14.3 Å². The first-order valence-electron chi connectivity index (χ1n) is 7.08. The quantitative estimate of drug-likeness (QED) is 0.830. The first kappa shape index (κ1) is 15.0. The molecule has 1 atom stereocenters. The Balaban J connectivity index is 2.26. The van der Waals surface area contributed by atoms with E-state index >= 15 is 0 Å². The Bertz CT molecular complexity index is 652. The SMILES string of the molecule is CCCNC(=O)C(C)Oc1ccc2ccccc2c1C=O. The second-order valence-electron chi connectivity index (χ2n) is 4.87. The van der Waals surface area contributed by atoms with E-state index < -0.39 is 6.10 Å². The molecule has 0 aliphatic rings. The maximum atomic E-state index is 11.8. The zero-order valence-electron chi connectivity index (χ0n) is 12.3. The summed E-state index contributed by atoms with van der Waals surface area (Å²) in [6.45, 7) is 4.28. The van der Waals surface area contributed by atoms with Crippen LogP contribution in [0.15, 0.2) is 36.4 Å². The van der Waals surface area contributed by atoms with Gasteiger partial charge in [-0.1, -0.05) is 37.3 Å². The number of hydrogen-bond acceptors (Lipinski definition) is 3.